The predicted octanol–water partition coefficient (Wildman–Crippen LogP) is 2.18. The molecule has 1 rings (SSSR count). The van der Waals surface area contributed by atoms with Gasteiger partial charge in [-0.1, -0.05) is 12.1 Å². The number of hydrogen-bond acceptors (Lipinski definition) is 3. The van der Waals surface area contributed by atoms with Gasteiger partial charge >= 0.3 is 0 Å². The number of amides is 1. The SMILES string of the molecule is CCOCCNC(=O)c1ccccc1OCBr. The van der Waals surface area contributed by atoms with Gasteiger partial charge < -0.3 is 14.8 Å². The largest absolute Gasteiger partial charge is 0.482 e. The molecule has 17 heavy (non-hydrogen) atoms. The van der Waals surface area contributed by atoms with Gasteiger partial charge in [0.05, 0.1) is 12.2 Å². The maximum atomic E-state index is 11.8. The first kappa shape index (κ1) is 14.0. The molecule has 0 aliphatic rings. The molecule has 1 N–H and O–H groups in total. The molecule has 4 nitrogen and oxygen atoms in total. The first-order chi connectivity index (χ1) is 8.29. The summed E-state index contributed by atoms with van der Waals surface area (Å²) >= 11 is 3.17. The van der Waals surface area contributed by atoms with Crippen LogP contribution in [0, 0.1) is 0 Å². The molecule has 94 valence electrons. The lowest BCUT2D eigenvalue weighted by atomic mass is 10.2. The second-order valence-electron chi connectivity index (χ2n) is 3.20. The minimum Gasteiger partial charge on any atom is -0.482 e. The monoisotopic (exact) mass is 301 g/mol. The summed E-state index contributed by atoms with van der Waals surface area (Å²) in [5.74, 6) is 0.416. The van der Waals surface area contributed by atoms with Crippen molar-refractivity contribution in [3.63, 3.8) is 0 Å². The predicted molar refractivity (Wildman–Crippen MR) is 69.7 cm³/mol. The summed E-state index contributed by atoms with van der Waals surface area (Å²) in [4.78, 5) is 11.8. The van der Waals surface area contributed by atoms with Gasteiger partial charge in [0.2, 0.25) is 0 Å². The van der Waals surface area contributed by atoms with Crippen LogP contribution in [-0.4, -0.2) is 31.2 Å². The molecule has 1 aromatic carbocycles. The van der Waals surface area contributed by atoms with Crippen LogP contribution < -0.4 is 10.1 Å². The fraction of sp³-hybridized carbons (Fsp3) is 0.417. The summed E-state index contributed by atoms with van der Waals surface area (Å²) in [6.45, 7) is 3.58. The van der Waals surface area contributed by atoms with Gasteiger partial charge in [-0.3, -0.25) is 4.79 Å². The zero-order valence-electron chi connectivity index (χ0n) is 9.74. The molecule has 0 spiro atoms. The molecule has 0 atom stereocenters. The normalized spacial score (nSPS) is 10.0. The fourth-order valence-electron chi connectivity index (χ4n) is 1.32. The lowest BCUT2D eigenvalue weighted by molar-refractivity contribution is 0.0919. The van der Waals surface area contributed by atoms with Crippen LogP contribution in [0.4, 0.5) is 0 Å². The van der Waals surface area contributed by atoms with E-state index in [1.165, 1.54) is 0 Å². The van der Waals surface area contributed by atoms with Crippen LogP contribution in [0.25, 0.3) is 0 Å². The lowest BCUT2D eigenvalue weighted by Gasteiger charge is -2.09. The molecule has 0 saturated carbocycles. The average molecular weight is 302 g/mol. The van der Waals surface area contributed by atoms with Gasteiger partial charge in [0.1, 0.15) is 11.3 Å². The molecule has 0 radical (unpaired) electrons. The Balaban J connectivity index is 2.55. The third-order valence-corrected chi connectivity index (χ3v) is 2.31. The number of rotatable bonds is 7. The Bertz CT molecular complexity index is 357. The molecule has 0 unspecified atom stereocenters. The van der Waals surface area contributed by atoms with E-state index in [-0.39, 0.29) is 5.91 Å². The van der Waals surface area contributed by atoms with Crippen LogP contribution in [0.15, 0.2) is 24.3 Å². The molecule has 0 fully saturated rings. The van der Waals surface area contributed by atoms with Crippen molar-refractivity contribution in [3.8, 4) is 5.75 Å². The molecule has 0 saturated heterocycles. The zero-order valence-corrected chi connectivity index (χ0v) is 11.3. The molecular weight excluding hydrogens is 286 g/mol. The maximum Gasteiger partial charge on any atom is 0.255 e. The van der Waals surface area contributed by atoms with Crippen LogP contribution in [0.5, 0.6) is 5.75 Å². The van der Waals surface area contributed by atoms with Gasteiger partial charge in [-0.15, -0.1) is 0 Å². The molecule has 5 heteroatoms. The van der Waals surface area contributed by atoms with Gasteiger partial charge in [-0.05, 0) is 35.0 Å². The van der Waals surface area contributed by atoms with Crippen molar-refractivity contribution in [1.29, 1.82) is 0 Å². The average Bonchev–Trinajstić information content (AvgIpc) is 2.35. The summed E-state index contributed by atoms with van der Waals surface area (Å²) < 4.78 is 10.5. The van der Waals surface area contributed by atoms with E-state index < -0.39 is 0 Å². The van der Waals surface area contributed by atoms with E-state index in [9.17, 15) is 4.79 Å². The van der Waals surface area contributed by atoms with Gasteiger partial charge in [0, 0.05) is 13.2 Å². The zero-order chi connectivity index (χ0) is 12.5. The highest BCUT2D eigenvalue weighted by atomic mass is 79.9. The van der Waals surface area contributed by atoms with E-state index in [4.69, 9.17) is 9.47 Å². The first-order valence-electron chi connectivity index (χ1n) is 5.43. The number of para-hydroxylation sites is 1. The van der Waals surface area contributed by atoms with Crippen molar-refractivity contribution >= 4 is 21.8 Å². The Morgan fingerprint density at radius 2 is 2.18 bits per heavy atom. The summed E-state index contributed by atoms with van der Waals surface area (Å²) in [5, 5.41) is 2.77. The highest BCUT2D eigenvalue weighted by Crippen LogP contribution is 2.18. The summed E-state index contributed by atoms with van der Waals surface area (Å²) in [5.41, 5.74) is 0.888. The number of benzene rings is 1. The molecule has 1 amide bonds. The summed E-state index contributed by atoms with van der Waals surface area (Å²) in [6.07, 6.45) is 0. The van der Waals surface area contributed by atoms with E-state index in [1.807, 2.05) is 13.0 Å². The number of halogens is 1. The number of ether oxygens (including phenoxy) is 2. The highest BCUT2D eigenvalue weighted by molar-refractivity contribution is 9.09. The second-order valence-corrected chi connectivity index (χ2v) is 3.66. The molecule has 0 aromatic heterocycles. The number of nitrogens with one attached hydrogen (secondary N) is 1. The van der Waals surface area contributed by atoms with Crippen LogP contribution >= 0.6 is 15.9 Å². The number of hydrogen-bond donors (Lipinski definition) is 1. The summed E-state index contributed by atoms with van der Waals surface area (Å²) in [7, 11) is 0. The molecule has 0 heterocycles. The van der Waals surface area contributed by atoms with Gasteiger partial charge in [-0.2, -0.15) is 0 Å². The minimum atomic E-state index is -0.152. The van der Waals surface area contributed by atoms with E-state index in [0.717, 1.165) is 0 Å². The minimum absolute atomic E-state index is 0.152. The first-order valence-corrected chi connectivity index (χ1v) is 6.55. The lowest BCUT2D eigenvalue weighted by Crippen LogP contribution is -2.27. The molecule has 0 bridgehead atoms. The molecule has 0 aliphatic carbocycles. The van der Waals surface area contributed by atoms with Crippen LogP contribution in [-0.2, 0) is 4.74 Å². The molecule has 0 aliphatic heterocycles. The van der Waals surface area contributed by atoms with Crippen molar-refractivity contribution < 1.29 is 14.3 Å². The third kappa shape index (κ3) is 4.75. The van der Waals surface area contributed by atoms with Crippen molar-refractivity contribution in [2.45, 2.75) is 6.92 Å². The third-order valence-electron chi connectivity index (χ3n) is 2.08. The van der Waals surface area contributed by atoms with E-state index in [2.05, 4.69) is 21.2 Å². The van der Waals surface area contributed by atoms with Crippen LogP contribution in [0.1, 0.15) is 17.3 Å². The van der Waals surface area contributed by atoms with Crippen molar-refractivity contribution in [2.75, 3.05) is 25.3 Å². The maximum absolute atomic E-state index is 11.8. The van der Waals surface area contributed by atoms with E-state index in [1.54, 1.807) is 18.2 Å². The van der Waals surface area contributed by atoms with E-state index in [0.29, 0.717) is 36.6 Å². The van der Waals surface area contributed by atoms with Gasteiger partial charge in [0.25, 0.3) is 5.91 Å². The van der Waals surface area contributed by atoms with Crippen molar-refractivity contribution in [3.05, 3.63) is 29.8 Å². The Kier molecular flexibility index (Phi) is 6.65. The van der Waals surface area contributed by atoms with Crippen molar-refractivity contribution in [1.82, 2.24) is 5.32 Å². The fourth-order valence-corrected chi connectivity index (χ4v) is 1.56. The summed E-state index contributed by atoms with van der Waals surface area (Å²) in [6, 6.07) is 7.13. The number of carbonyl (C=O) groups excluding carboxylic acids is 1. The highest BCUT2D eigenvalue weighted by Gasteiger charge is 2.10. The van der Waals surface area contributed by atoms with Gasteiger partial charge in [0.15, 0.2) is 0 Å². The quantitative estimate of drug-likeness (QED) is 0.620. The Morgan fingerprint density at radius 3 is 2.88 bits per heavy atom. The van der Waals surface area contributed by atoms with Crippen molar-refractivity contribution in [2.24, 2.45) is 0 Å². The van der Waals surface area contributed by atoms with Crippen LogP contribution in [0.3, 0.4) is 0 Å². The van der Waals surface area contributed by atoms with E-state index >= 15 is 0 Å². The molecule has 1 aromatic rings. The molecular formula is C12H16BrNO3. The number of alkyl halides is 1. The smallest absolute Gasteiger partial charge is 0.255 e. The van der Waals surface area contributed by atoms with Gasteiger partial charge in [-0.25, -0.2) is 0 Å². The Morgan fingerprint density at radius 1 is 1.41 bits per heavy atom. The standard InChI is InChI=1S/C12H16BrNO3/c1-2-16-8-7-14-12(15)10-5-3-4-6-11(10)17-9-13/h3-6H,2,7-9H2,1H3,(H,14,15). The number of carbonyl (C=O) groups is 1. The second kappa shape index (κ2) is 8.08. The Hall–Kier alpha value is -1.07. The van der Waals surface area contributed by atoms with Crippen LogP contribution in [0.2, 0.25) is 0 Å². The topological polar surface area (TPSA) is 47.6 Å². The Labute approximate surface area is 109 Å².